The Morgan fingerprint density at radius 3 is 2.85 bits per heavy atom. The molecule has 0 saturated carbocycles. The smallest absolute Gasteiger partial charge is 0.294 e. The molecule has 5 heteroatoms. The Morgan fingerprint density at radius 2 is 2.00 bits per heavy atom. The molecule has 2 aromatic carbocycles. The summed E-state index contributed by atoms with van der Waals surface area (Å²) in [5.41, 5.74) is 2.26. The Bertz CT molecular complexity index is 920. The van der Waals surface area contributed by atoms with Crippen molar-refractivity contribution in [2.24, 2.45) is 0 Å². The maximum absolute atomic E-state index is 13.7. The molecular formula is C21H18FNO3. The van der Waals surface area contributed by atoms with Gasteiger partial charge in [0.1, 0.15) is 18.2 Å². The quantitative estimate of drug-likeness (QED) is 0.690. The molecule has 0 unspecified atom stereocenters. The van der Waals surface area contributed by atoms with E-state index in [9.17, 15) is 9.18 Å². The lowest BCUT2D eigenvalue weighted by Crippen LogP contribution is -2.35. The van der Waals surface area contributed by atoms with Gasteiger partial charge in [0.25, 0.3) is 5.91 Å². The van der Waals surface area contributed by atoms with Gasteiger partial charge in [-0.3, -0.25) is 4.79 Å². The van der Waals surface area contributed by atoms with E-state index in [0.29, 0.717) is 17.8 Å². The zero-order valence-electron chi connectivity index (χ0n) is 14.2. The van der Waals surface area contributed by atoms with Crippen LogP contribution in [0.1, 0.15) is 28.1 Å². The lowest BCUT2D eigenvalue weighted by molar-refractivity contribution is 0.0955. The molecule has 26 heavy (non-hydrogen) atoms. The summed E-state index contributed by atoms with van der Waals surface area (Å²) in [6.07, 6.45) is 3.15. The second kappa shape index (κ2) is 7.04. The number of carbonyl (C=O) groups excluding carboxylic acids is 1. The van der Waals surface area contributed by atoms with E-state index in [2.05, 4.69) is 0 Å². The van der Waals surface area contributed by atoms with E-state index in [-0.39, 0.29) is 24.1 Å². The molecule has 3 aromatic rings. The van der Waals surface area contributed by atoms with E-state index in [4.69, 9.17) is 9.15 Å². The molecule has 1 aliphatic heterocycles. The normalized spacial score (nSPS) is 13.3. The maximum Gasteiger partial charge on any atom is 0.294 e. The van der Waals surface area contributed by atoms with Gasteiger partial charge in [0.2, 0.25) is 0 Å². The molecule has 4 rings (SSSR count). The topological polar surface area (TPSA) is 42.7 Å². The summed E-state index contributed by atoms with van der Waals surface area (Å²) in [5.74, 6) is 0.333. The first-order valence-electron chi connectivity index (χ1n) is 8.57. The summed E-state index contributed by atoms with van der Waals surface area (Å²) in [5, 5.41) is 0. The minimum atomic E-state index is -0.351. The SMILES string of the molecule is O=C(c1occc1COc1ccccc1)N1CCCc2ccc(F)cc21. The molecule has 0 N–H and O–H groups in total. The number of carbonyl (C=O) groups is 1. The van der Waals surface area contributed by atoms with E-state index in [1.54, 1.807) is 17.0 Å². The van der Waals surface area contributed by atoms with Gasteiger partial charge in [-0.25, -0.2) is 4.39 Å². The van der Waals surface area contributed by atoms with Crippen LogP contribution in [0.4, 0.5) is 10.1 Å². The summed E-state index contributed by atoms with van der Waals surface area (Å²) >= 11 is 0. The molecule has 1 aromatic heterocycles. The van der Waals surface area contributed by atoms with E-state index in [1.165, 1.54) is 18.4 Å². The molecule has 0 bridgehead atoms. The Balaban J connectivity index is 1.57. The van der Waals surface area contributed by atoms with Crippen LogP contribution in [0.3, 0.4) is 0 Å². The third kappa shape index (κ3) is 3.20. The number of nitrogens with zero attached hydrogens (tertiary/aromatic N) is 1. The van der Waals surface area contributed by atoms with Crippen molar-refractivity contribution < 1.29 is 18.3 Å². The molecular weight excluding hydrogens is 333 g/mol. The average molecular weight is 351 g/mol. The van der Waals surface area contributed by atoms with Crippen molar-refractivity contribution in [3.63, 3.8) is 0 Å². The van der Waals surface area contributed by atoms with E-state index in [1.807, 2.05) is 30.3 Å². The number of benzene rings is 2. The highest BCUT2D eigenvalue weighted by Crippen LogP contribution is 2.30. The summed E-state index contributed by atoms with van der Waals surface area (Å²) < 4.78 is 24.9. The largest absolute Gasteiger partial charge is 0.489 e. The average Bonchev–Trinajstić information content (AvgIpc) is 3.15. The zero-order chi connectivity index (χ0) is 17.9. The highest BCUT2D eigenvalue weighted by molar-refractivity contribution is 6.05. The fraction of sp³-hybridized carbons (Fsp3) is 0.190. The van der Waals surface area contributed by atoms with Gasteiger partial charge >= 0.3 is 0 Å². The minimum absolute atomic E-state index is 0.228. The number of amides is 1. The Labute approximate surface area is 150 Å². The van der Waals surface area contributed by atoms with Gasteiger partial charge in [-0.05, 0) is 48.7 Å². The molecule has 1 amide bonds. The lowest BCUT2D eigenvalue weighted by Gasteiger charge is -2.29. The molecule has 4 nitrogen and oxygen atoms in total. The van der Waals surface area contributed by atoms with Crippen LogP contribution >= 0.6 is 0 Å². The number of hydrogen-bond acceptors (Lipinski definition) is 3. The molecule has 0 aliphatic carbocycles. The third-order valence-corrected chi connectivity index (χ3v) is 4.49. The summed E-state index contributed by atoms with van der Waals surface area (Å²) in [6, 6.07) is 15.7. The monoisotopic (exact) mass is 351 g/mol. The number of rotatable bonds is 4. The molecule has 2 heterocycles. The van der Waals surface area contributed by atoms with Crippen LogP contribution in [0.2, 0.25) is 0 Å². The number of ether oxygens (including phenoxy) is 1. The van der Waals surface area contributed by atoms with Crippen molar-refractivity contribution in [1.82, 2.24) is 0 Å². The predicted octanol–water partition coefficient (Wildman–Crippen LogP) is 4.59. The fourth-order valence-corrected chi connectivity index (χ4v) is 3.20. The van der Waals surface area contributed by atoms with Crippen LogP contribution < -0.4 is 9.64 Å². The zero-order valence-corrected chi connectivity index (χ0v) is 14.2. The Hall–Kier alpha value is -3.08. The third-order valence-electron chi connectivity index (χ3n) is 4.49. The number of hydrogen-bond donors (Lipinski definition) is 0. The number of aryl methyl sites for hydroxylation is 1. The highest BCUT2D eigenvalue weighted by Gasteiger charge is 2.27. The molecule has 0 radical (unpaired) electrons. The number of furan rings is 1. The van der Waals surface area contributed by atoms with Gasteiger partial charge in [0.05, 0.1) is 12.0 Å². The number of anilines is 1. The van der Waals surface area contributed by atoms with E-state index < -0.39 is 0 Å². The minimum Gasteiger partial charge on any atom is -0.489 e. The van der Waals surface area contributed by atoms with Crippen molar-refractivity contribution in [2.75, 3.05) is 11.4 Å². The van der Waals surface area contributed by atoms with Gasteiger partial charge in [-0.2, -0.15) is 0 Å². The van der Waals surface area contributed by atoms with Gasteiger partial charge in [0, 0.05) is 12.1 Å². The second-order valence-corrected chi connectivity index (χ2v) is 6.21. The van der Waals surface area contributed by atoms with Gasteiger partial charge < -0.3 is 14.1 Å². The van der Waals surface area contributed by atoms with E-state index in [0.717, 1.165) is 24.2 Å². The summed E-state index contributed by atoms with van der Waals surface area (Å²) in [7, 11) is 0. The molecule has 0 fully saturated rings. The lowest BCUT2D eigenvalue weighted by atomic mass is 10.0. The van der Waals surface area contributed by atoms with Crippen LogP contribution in [-0.2, 0) is 13.0 Å². The maximum atomic E-state index is 13.7. The van der Waals surface area contributed by atoms with Crippen molar-refractivity contribution in [3.05, 3.63) is 83.6 Å². The van der Waals surface area contributed by atoms with E-state index >= 15 is 0 Å². The summed E-state index contributed by atoms with van der Waals surface area (Å²) in [4.78, 5) is 14.6. The molecule has 0 spiro atoms. The summed E-state index contributed by atoms with van der Waals surface area (Å²) in [6.45, 7) is 0.764. The van der Waals surface area contributed by atoms with Crippen LogP contribution in [0.5, 0.6) is 5.75 Å². The molecule has 0 atom stereocenters. The van der Waals surface area contributed by atoms with Crippen molar-refractivity contribution in [2.45, 2.75) is 19.4 Å². The molecule has 0 saturated heterocycles. The standard InChI is InChI=1S/C21H18FNO3/c22-17-9-8-15-5-4-11-23(19(15)13-17)21(24)20-16(10-12-25-20)14-26-18-6-2-1-3-7-18/h1-3,6-10,12-13H,4-5,11,14H2. The van der Waals surface area contributed by atoms with Crippen LogP contribution in [-0.4, -0.2) is 12.5 Å². The van der Waals surface area contributed by atoms with Gasteiger partial charge in [-0.1, -0.05) is 24.3 Å². The van der Waals surface area contributed by atoms with Crippen LogP contribution in [0.25, 0.3) is 0 Å². The Kier molecular flexibility index (Phi) is 4.44. The first-order valence-corrected chi connectivity index (χ1v) is 8.57. The predicted molar refractivity (Wildman–Crippen MR) is 95.9 cm³/mol. The number of para-hydroxylation sites is 1. The first kappa shape index (κ1) is 16.4. The van der Waals surface area contributed by atoms with Crippen LogP contribution in [0.15, 0.2) is 65.3 Å². The fourth-order valence-electron chi connectivity index (χ4n) is 3.20. The van der Waals surface area contributed by atoms with Gasteiger partial charge in [0.15, 0.2) is 5.76 Å². The highest BCUT2D eigenvalue weighted by atomic mass is 19.1. The molecule has 1 aliphatic rings. The van der Waals surface area contributed by atoms with Crippen LogP contribution in [0, 0.1) is 5.82 Å². The van der Waals surface area contributed by atoms with Crippen molar-refractivity contribution in [1.29, 1.82) is 0 Å². The van der Waals surface area contributed by atoms with Crippen molar-refractivity contribution in [3.8, 4) is 5.75 Å². The first-order chi connectivity index (χ1) is 12.7. The second-order valence-electron chi connectivity index (χ2n) is 6.21. The Morgan fingerprint density at radius 1 is 1.15 bits per heavy atom. The number of halogens is 1. The van der Waals surface area contributed by atoms with Crippen molar-refractivity contribution >= 4 is 11.6 Å². The van der Waals surface area contributed by atoms with Gasteiger partial charge in [-0.15, -0.1) is 0 Å². The molecule has 132 valence electrons. The number of fused-ring (bicyclic) bond motifs is 1.